The van der Waals surface area contributed by atoms with Crippen LogP contribution in [0.15, 0.2) is 28.1 Å². The first-order chi connectivity index (χ1) is 8.52. The van der Waals surface area contributed by atoms with Gasteiger partial charge in [0.25, 0.3) is 0 Å². The molecule has 1 N–H and O–H groups in total. The van der Waals surface area contributed by atoms with Crippen molar-refractivity contribution >= 4 is 38.9 Å². The monoisotopic (exact) mass is 347 g/mol. The Balaban J connectivity index is 2.48. The molecule has 0 saturated carbocycles. The zero-order chi connectivity index (χ0) is 13.3. The molecule has 0 radical (unpaired) electrons. The van der Waals surface area contributed by atoms with Crippen molar-refractivity contribution in [3.8, 4) is 0 Å². The summed E-state index contributed by atoms with van der Waals surface area (Å²) in [6.45, 7) is 2.03. The molecular weight excluding hydrogens is 337 g/mol. The highest BCUT2D eigenvalue weighted by molar-refractivity contribution is 9.11. The summed E-state index contributed by atoms with van der Waals surface area (Å²) in [7, 11) is 1.84. The molecular formula is C13H12BrClFNS. The fourth-order valence-electron chi connectivity index (χ4n) is 1.81. The van der Waals surface area contributed by atoms with E-state index in [0.29, 0.717) is 5.02 Å². The Kier molecular flexibility index (Phi) is 4.43. The third kappa shape index (κ3) is 2.77. The number of nitrogens with one attached hydrogen (secondary N) is 1. The molecule has 1 unspecified atom stereocenters. The van der Waals surface area contributed by atoms with E-state index in [1.54, 1.807) is 17.4 Å². The summed E-state index contributed by atoms with van der Waals surface area (Å²) in [4.78, 5) is 1.11. The summed E-state index contributed by atoms with van der Waals surface area (Å²) in [6.07, 6.45) is 0. The van der Waals surface area contributed by atoms with E-state index < -0.39 is 0 Å². The van der Waals surface area contributed by atoms with E-state index in [1.165, 1.54) is 17.7 Å². The van der Waals surface area contributed by atoms with Crippen LogP contribution in [0, 0.1) is 12.7 Å². The molecule has 0 saturated heterocycles. The predicted molar refractivity (Wildman–Crippen MR) is 79.1 cm³/mol. The normalized spacial score (nSPS) is 12.7. The molecule has 0 aliphatic rings. The van der Waals surface area contributed by atoms with Gasteiger partial charge >= 0.3 is 0 Å². The van der Waals surface area contributed by atoms with Crippen LogP contribution in [-0.2, 0) is 0 Å². The van der Waals surface area contributed by atoms with Crippen molar-refractivity contribution in [2.24, 2.45) is 0 Å². The molecule has 96 valence electrons. The van der Waals surface area contributed by atoms with Gasteiger partial charge in [0, 0.05) is 9.90 Å². The predicted octanol–water partition coefficient (Wildman–Crippen LogP) is 4.92. The largest absolute Gasteiger partial charge is 0.309 e. The van der Waals surface area contributed by atoms with Crippen molar-refractivity contribution in [1.82, 2.24) is 5.32 Å². The highest BCUT2D eigenvalue weighted by Gasteiger charge is 2.18. The van der Waals surface area contributed by atoms with E-state index in [4.69, 9.17) is 11.6 Å². The van der Waals surface area contributed by atoms with Crippen LogP contribution in [0.3, 0.4) is 0 Å². The molecule has 1 atom stereocenters. The summed E-state index contributed by atoms with van der Waals surface area (Å²) in [6, 6.07) is 6.42. The standard InChI is InChI=1S/C13H12BrClFNS/c1-7-5-11(18-13(7)14)12(17-2)9-6-8(16)3-4-10(9)15/h3-6,12,17H,1-2H3. The summed E-state index contributed by atoms with van der Waals surface area (Å²) < 4.78 is 14.4. The number of hydrogen-bond donors (Lipinski definition) is 1. The topological polar surface area (TPSA) is 12.0 Å². The maximum absolute atomic E-state index is 13.4. The highest BCUT2D eigenvalue weighted by Crippen LogP contribution is 2.36. The van der Waals surface area contributed by atoms with Crippen LogP contribution in [0.1, 0.15) is 22.0 Å². The minimum atomic E-state index is -0.276. The first-order valence-electron chi connectivity index (χ1n) is 5.41. The van der Waals surface area contributed by atoms with Crippen LogP contribution in [0.25, 0.3) is 0 Å². The van der Waals surface area contributed by atoms with E-state index in [1.807, 2.05) is 14.0 Å². The Bertz CT molecular complexity index is 551. The third-order valence-electron chi connectivity index (χ3n) is 2.72. The highest BCUT2D eigenvalue weighted by atomic mass is 79.9. The van der Waals surface area contributed by atoms with Gasteiger partial charge in [-0.15, -0.1) is 11.3 Å². The van der Waals surface area contributed by atoms with Crippen LogP contribution >= 0.6 is 38.9 Å². The lowest BCUT2D eigenvalue weighted by Gasteiger charge is -2.16. The van der Waals surface area contributed by atoms with Crippen LogP contribution in [-0.4, -0.2) is 7.05 Å². The molecule has 1 aromatic carbocycles. The van der Waals surface area contributed by atoms with Gasteiger partial charge < -0.3 is 5.32 Å². The fourth-order valence-corrected chi connectivity index (χ4v) is 3.74. The summed E-state index contributed by atoms with van der Waals surface area (Å²) in [5.41, 5.74) is 1.93. The molecule has 1 heterocycles. The number of aryl methyl sites for hydroxylation is 1. The minimum absolute atomic E-state index is 0.0943. The number of halogens is 3. The number of benzene rings is 1. The maximum atomic E-state index is 13.4. The summed E-state index contributed by atoms with van der Waals surface area (Å²) in [5, 5.41) is 3.75. The van der Waals surface area contributed by atoms with Gasteiger partial charge in [0.15, 0.2) is 0 Å². The second-order valence-electron chi connectivity index (χ2n) is 3.99. The molecule has 0 fully saturated rings. The van der Waals surface area contributed by atoms with E-state index in [2.05, 4.69) is 27.3 Å². The Hall–Kier alpha value is -0.420. The molecule has 0 amide bonds. The molecule has 0 spiro atoms. The lowest BCUT2D eigenvalue weighted by atomic mass is 10.0. The van der Waals surface area contributed by atoms with Crippen molar-refractivity contribution in [1.29, 1.82) is 0 Å². The molecule has 0 bridgehead atoms. The smallest absolute Gasteiger partial charge is 0.123 e. The fraction of sp³-hybridized carbons (Fsp3) is 0.231. The zero-order valence-electron chi connectivity index (χ0n) is 9.93. The van der Waals surface area contributed by atoms with Crippen molar-refractivity contribution in [2.75, 3.05) is 7.05 Å². The van der Waals surface area contributed by atoms with Gasteiger partial charge in [0.1, 0.15) is 5.82 Å². The van der Waals surface area contributed by atoms with Gasteiger partial charge in [-0.05, 0) is 65.3 Å². The second kappa shape index (κ2) is 5.70. The first kappa shape index (κ1) is 14.0. The second-order valence-corrected chi connectivity index (χ2v) is 6.80. The lowest BCUT2D eigenvalue weighted by Crippen LogP contribution is -2.17. The quantitative estimate of drug-likeness (QED) is 0.830. The van der Waals surface area contributed by atoms with Gasteiger partial charge in [-0.25, -0.2) is 4.39 Å². The minimum Gasteiger partial charge on any atom is -0.309 e. The SMILES string of the molecule is CNC(c1cc(C)c(Br)s1)c1cc(F)ccc1Cl. The van der Waals surface area contributed by atoms with Crippen molar-refractivity contribution in [2.45, 2.75) is 13.0 Å². The molecule has 2 aromatic rings. The van der Waals surface area contributed by atoms with Crippen LogP contribution in [0.2, 0.25) is 5.02 Å². The molecule has 5 heteroatoms. The van der Waals surface area contributed by atoms with E-state index >= 15 is 0 Å². The summed E-state index contributed by atoms with van der Waals surface area (Å²) in [5.74, 6) is -0.276. The molecule has 0 aliphatic carbocycles. The van der Waals surface area contributed by atoms with Gasteiger partial charge in [0.05, 0.1) is 9.83 Å². The maximum Gasteiger partial charge on any atom is 0.123 e. The Morgan fingerprint density at radius 1 is 1.39 bits per heavy atom. The average molecular weight is 349 g/mol. The Morgan fingerprint density at radius 2 is 2.11 bits per heavy atom. The Labute approximate surface area is 123 Å². The first-order valence-corrected chi connectivity index (χ1v) is 7.39. The molecule has 18 heavy (non-hydrogen) atoms. The lowest BCUT2D eigenvalue weighted by molar-refractivity contribution is 0.618. The van der Waals surface area contributed by atoms with Crippen LogP contribution in [0.4, 0.5) is 4.39 Å². The zero-order valence-corrected chi connectivity index (χ0v) is 13.1. The molecule has 2 rings (SSSR count). The third-order valence-corrected chi connectivity index (χ3v) is 5.26. The van der Waals surface area contributed by atoms with Crippen molar-refractivity contribution in [3.05, 3.63) is 54.9 Å². The number of hydrogen-bond acceptors (Lipinski definition) is 2. The average Bonchev–Trinajstić information content (AvgIpc) is 2.65. The van der Waals surface area contributed by atoms with Crippen LogP contribution < -0.4 is 5.32 Å². The number of rotatable bonds is 3. The van der Waals surface area contributed by atoms with Gasteiger partial charge in [-0.3, -0.25) is 0 Å². The Morgan fingerprint density at radius 3 is 2.67 bits per heavy atom. The molecule has 0 aliphatic heterocycles. The van der Waals surface area contributed by atoms with Crippen molar-refractivity contribution in [3.63, 3.8) is 0 Å². The van der Waals surface area contributed by atoms with Gasteiger partial charge in [-0.1, -0.05) is 11.6 Å². The van der Waals surface area contributed by atoms with Crippen molar-refractivity contribution < 1.29 is 4.39 Å². The van der Waals surface area contributed by atoms with E-state index in [0.717, 1.165) is 14.2 Å². The summed E-state index contributed by atoms with van der Waals surface area (Å²) >= 11 is 11.3. The van der Waals surface area contributed by atoms with Gasteiger partial charge in [-0.2, -0.15) is 0 Å². The van der Waals surface area contributed by atoms with E-state index in [9.17, 15) is 4.39 Å². The number of thiophene rings is 1. The molecule has 1 nitrogen and oxygen atoms in total. The van der Waals surface area contributed by atoms with Gasteiger partial charge in [0.2, 0.25) is 0 Å². The molecule has 1 aromatic heterocycles. The van der Waals surface area contributed by atoms with E-state index in [-0.39, 0.29) is 11.9 Å². The van der Waals surface area contributed by atoms with Crippen LogP contribution in [0.5, 0.6) is 0 Å².